The topological polar surface area (TPSA) is 26.0 Å². The standard InChI is InChI=1S/C20H25N/c1-15(2)16-10-12-18(13-11-16)20(21)14-6-5-8-17-7-3-4-9-19(17)20/h3-4,7,9-13,15H,5-6,8,14,21H2,1-2H3. The van der Waals surface area contributed by atoms with Crippen LogP contribution in [0.2, 0.25) is 0 Å². The summed E-state index contributed by atoms with van der Waals surface area (Å²) in [5, 5.41) is 0. The summed E-state index contributed by atoms with van der Waals surface area (Å²) >= 11 is 0. The van der Waals surface area contributed by atoms with E-state index >= 15 is 0 Å². The molecule has 110 valence electrons. The summed E-state index contributed by atoms with van der Waals surface area (Å²) < 4.78 is 0. The number of rotatable bonds is 2. The Hall–Kier alpha value is -1.60. The van der Waals surface area contributed by atoms with Crippen LogP contribution in [0, 0.1) is 0 Å². The molecule has 0 heterocycles. The Balaban J connectivity index is 2.06. The van der Waals surface area contributed by atoms with Gasteiger partial charge >= 0.3 is 0 Å². The van der Waals surface area contributed by atoms with Gasteiger partial charge in [0.1, 0.15) is 0 Å². The lowest BCUT2D eigenvalue weighted by Gasteiger charge is -2.31. The Bertz CT molecular complexity index is 612. The van der Waals surface area contributed by atoms with Crippen LogP contribution < -0.4 is 5.73 Å². The highest BCUT2D eigenvalue weighted by Crippen LogP contribution is 2.37. The normalized spacial score (nSPS) is 21.9. The maximum absolute atomic E-state index is 6.92. The zero-order valence-corrected chi connectivity index (χ0v) is 13.1. The molecule has 1 atom stereocenters. The van der Waals surface area contributed by atoms with E-state index in [1.807, 2.05) is 0 Å². The van der Waals surface area contributed by atoms with Crippen molar-refractivity contribution in [2.45, 2.75) is 51.0 Å². The van der Waals surface area contributed by atoms with E-state index in [0.717, 1.165) is 12.8 Å². The Morgan fingerprint density at radius 2 is 1.67 bits per heavy atom. The van der Waals surface area contributed by atoms with Gasteiger partial charge in [-0.1, -0.05) is 68.8 Å². The molecule has 3 rings (SSSR count). The van der Waals surface area contributed by atoms with Crippen molar-refractivity contribution in [2.75, 3.05) is 0 Å². The van der Waals surface area contributed by atoms with Gasteiger partial charge in [-0.2, -0.15) is 0 Å². The molecule has 2 N–H and O–H groups in total. The van der Waals surface area contributed by atoms with E-state index in [4.69, 9.17) is 5.73 Å². The van der Waals surface area contributed by atoms with E-state index in [1.165, 1.54) is 35.1 Å². The highest BCUT2D eigenvalue weighted by molar-refractivity contribution is 5.44. The van der Waals surface area contributed by atoms with Crippen LogP contribution in [0.4, 0.5) is 0 Å². The predicted octanol–water partition coefficient (Wildman–Crippen LogP) is 4.74. The molecule has 1 aliphatic rings. The summed E-state index contributed by atoms with van der Waals surface area (Å²) in [6, 6.07) is 17.7. The fourth-order valence-electron chi connectivity index (χ4n) is 3.49. The highest BCUT2D eigenvalue weighted by Gasteiger charge is 2.32. The predicted molar refractivity (Wildman–Crippen MR) is 89.5 cm³/mol. The first-order valence-corrected chi connectivity index (χ1v) is 8.09. The average molecular weight is 279 g/mol. The van der Waals surface area contributed by atoms with Crippen molar-refractivity contribution in [1.29, 1.82) is 0 Å². The Morgan fingerprint density at radius 1 is 0.952 bits per heavy atom. The third-order valence-electron chi connectivity index (χ3n) is 4.86. The van der Waals surface area contributed by atoms with Gasteiger partial charge in [0.05, 0.1) is 5.54 Å². The number of fused-ring (bicyclic) bond motifs is 1. The van der Waals surface area contributed by atoms with E-state index in [-0.39, 0.29) is 5.54 Å². The molecule has 0 saturated heterocycles. The second kappa shape index (κ2) is 5.65. The van der Waals surface area contributed by atoms with Crippen LogP contribution in [0.15, 0.2) is 48.5 Å². The van der Waals surface area contributed by atoms with Crippen molar-refractivity contribution < 1.29 is 0 Å². The number of benzene rings is 2. The van der Waals surface area contributed by atoms with Crippen molar-refractivity contribution in [1.82, 2.24) is 0 Å². The van der Waals surface area contributed by atoms with Gasteiger partial charge in [-0.15, -0.1) is 0 Å². The number of hydrogen-bond donors (Lipinski definition) is 1. The van der Waals surface area contributed by atoms with Crippen molar-refractivity contribution in [3.05, 3.63) is 70.8 Å². The average Bonchev–Trinajstić information content (AvgIpc) is 2.68. The SMILES string of the molecule is CC(C)c1ccc(C2(N)CCCCc3ccccc32)cc1. The maximum Gasteiger partial charge on any atom is 0.0668 e. The van der Waals surface area contributed by atoms with Gasteiger partial charge in [-0.25, -0.2) is 0 Å². The lowest BCUT2D eigenvalue weighted by Crippen LogP contribution is -2.38. The molecule has 1 unspecified atom stereocenters. The van der Waals surface area contributed by atoms with Gasteiger partial charge in [-0.05, 0) is 47.4 Å². The first-order valence-electron chi connectivity index (χ1n) is 8.09. The van der Waals surface area contributed by atoms with Gasteiger partial charge in [0.25, 0.3) is 0 Å². The van der Waals surface area contributed by atoms with Gasteiger partial charge in [0.2, 0.25) is 0 Å². The van der Waals surface area contributed by atoms with Gasteiger partial charge in [0.15, 0.2) is 0 Å². The Morgan fingerprint density at radius 3 is 2.38 bits per heavy atom. The molecule has 2 aromatic rings. The molecule has 1 aliphatic carbocycles. The summed E-state index contributed by atoms with van der Waals surface area (Å²) in [7, 11) is 0. The van der Waals surface area contributed by atoms with E-state index in [1.54, 1.807) is 0 Å². The lowest BCUT2D eigenvalue weighted by molar-refractivity contribution is 0.479. The van der Waals surface area contributed by atoms with Crippen LogP contribution in [-0.2, 0) is 12.0 Å². The zero-order chi connectivity index (χ0) is 14.9. The highest BCUT2D eigenvalue weighted by atomic mass is 14.7. The van der Waals surface area contributed by atoms with E-state index in [2.05, 4.69) is 62.4 Å². The van der Waals surface area contributed by atoms with Crippen LogP contribution >= 0.6 is 0 Å². The molecule has 0 amide bonds. The second-order valence-corrected chi connectivity index (χ2v) is 6.61. The molecule has 0 aliphatic heterocycles. The third kappa shape index (κ3) is 2.63. The minimum absolute atomic E-state index is 0.331. The summed E-state index contributed by atoms with van der Waals surface area (Å²) in [4.78, 5) is 0. The molecule has 0 bridgehead atoms. The van der Waals surface area contributed by atoms with Crippen LogP contribution in [0.3, 0.4) is 0 Å². The summed E-state index contributed by atoms with van der Waals surface area (Å²) in [5.41, 5.74) is 12.0. The molecular formula is C20H25N. The summed E-state index contributed by atoms with van der Waals surface area (Å²) in [5.74, 6) is 0.564. The monoisotopic (exact) mass is 279 g/mol. The molecule has 21 heavy (non-hydrogen) atoms. The number of nitrogens with two attached hydrogens (primary N) is 1. The van der Waals surface area contributed by atoms with Crippen molar-refractivity contribution in [2.24, 2.45) is 5.73 Å². The van der Waals surface area contributed by atoms with E-state index < -0.39 is 0 Å². The zero-order valence-electron chi connectivity index (χ0n) is 13.1. The number of hydrogen-bond acceptors (Lipinski definition) is 1. The van der Waals surface area contributed by atoms with Crippen LogP contribution in [0.25, 0.3) is 0 Å². The molecule has 0 radical (unpaired) electrons. The van der Waals surface area contributed by atoms with Crippen molar-refractivity contribution in [3.8, 4) is 0 Å². The van der Waals surface area contributed by atoms with Crippen LogP contribution in [0.5, 0.6) is 0 Å². The largest absolute Gasteiger partial charge is 0.318 e. The van der Waals surface area contributed by atoms with Gasteiger partial charge < -0.3 is 5.73 Å². The van der Waals surface area contributed by atoms with Crippen molar-refractivity contribution in [3.63, 3.8) is 0 Å². The minimum atomic E-state index is -0.331. The summed E-state index contributed by atoms with van der Waals surface area (Å²) in [6.45, 7) is 4.46. The molecule has 0 fully saturated rings. The Kier molecular flexibility index (Phi) is 3.86. The van der Waals surface area contributed by atoms with Gasteiger partial charge in [0, 0.05) is 0 Å². The number of aryl methyl sites for hydroxylation is 1. The van der Waals surface area contributed by atoms with Crippen LogP contribution in [-0.4, -0.2) is 0 Å². The molecule has 0 saturated carbocycles. The molecule has 1 heteroatoms. The quantitative estimate of drug-likeness (QED) is 0.790. The maximum atomic E-state index is 6.92. The lowest BCUT2D eigenvalue weighted by atomic mass is 9.79. The van der Waals surface area contributed by atoms with E-state index in [0.29, 0.717) is 5.92 Å². The molecular weight excluding hydrogens is 254 g/mol. The molecule has 0 spiro atoms. The van der Waals surface area contributed by atoms with Crippen molar-refractivity contribution >= 4 is 0 Å². The summed E-state index contributed by atoms with van der Waals surface area (Å²) in [6.07, 6.45) is 4.61. The fraction of sp³-hybridized carbons (Fsp3) is 0.400. The molecule has 0 aromatic heterocycles. The fourth-order valence-corrected chi connectivity index (χ4v) is 3.49. The Labute approximate surface area is 128 Å². The van der Waals surface area contributed by atoms with Gasteiger partial charge in [-0.3, -0.25) is 0 Å². The smallest absolute Gasteiger partial charge is 0.0668 e. The van der Waals surface area contributed by atoms with Crippen LogP contribution in [0.1, 0.15) is 61.3 Å². The second-order valence-electron chi connectivity index (χ2n) is 6.61. The first-order chi connectivity index (χ1) is 10.1. The molecule has 2 aromatic carbocycles. The van der Waals surface area contributed by atoms with E-state index in [9.17, 15) is 0 Å². The first kappa shape index (κ1) is 14.3. The minimum Gasteiger partial charge on any atom is -0.318 e. The third-order valence-corrected chi connectivity index (χ3v) is 4.86. The molecule has 1 nitrogen and oxygen atoms in total.